The lowest BCUT2D eigenvalue weighted by Crippen LogP contribution is -2.39. The molecule has 4 aromatic rings. The molecular weight excluding hydrogens is 506 g/mol. The van der Waals surface area contributed by atoms with Crippen molar-refractivity contribution in [3.8, 4) is 22.3 Å². The molecule has 3 fully saturated rings. The number of anilines is 1. The average Bonchev–Trinajstić information content (AvgIpc) is 3.78. The highest BCUT2D eigenvalue weighted by atomic mass is 16.2. The van der Waals surface area contributed by atoms with E-state index in [4.69, 9.17) is 4.98 Å². The summed E-state index contributed by atoms with van der Waals surface area (Å²) in [5.41, 5.74) is 10.4. The normalized spacial score (nSPS) is 26.1. The smallest absolute Gasteiger partial charge is 0.241 e. The van der Waals surface area contributed by atoms with Gasteiger partial charge in [-0.25, -0.2) is 4.98 Å². The predicted molar refractivity (Wildman–Crippen MR) is 165 cm³/mol. The standard InChI is InChI=1S/C35H39N5O/c1-35(2)26-16-20(21-10-14-29-31(17-21)40-33(39-29)30-8-5-15-36-30)9-12-24(26)25-13-11-23(19-27(25)35)37-34(41)32-18-22-6-3-4-7-28(22)38-32/h9-14,16-17,19,22,28,30,32,36,38H,3-8,15,18H2,1-2H3,(H,37,41)(H,39,40)/t22-,28-,30-,32-/m0/s1. The second-order valence-electron chi connectivity index (χ2n) is 13.2. The van der Waals surface area contributed by atoms with Crippen molar-refractivity contribution in [3.05, 3.63) is 71.5 Å². The summed E-state index contributed by atoms with van der Waals surface area (Å²) in [4.78, 5) is 21.7. The highest BCUT2D eigenvalue weighted by Crippen LogP contribution is 2.50. The molecule has 4 atom stereocenters. The fourth-order valence-corrected chi connectivity index (χ4v) is 8.04. The van der Waals surface area contributed by atoms with Crippen LogP contribution in [-0.4, -0.2) is 34.5 Å². The number of fused-ring (bicyclic) bond motifs is 5. The summed E-state index contributed by atoms with van der Waals surface area (Å²) in [7, 11) is 0. The monoisotopic (exact) mass is 545 g/mol. The maximum atomic E-state index is 13.2. The number of nitrogens with zero attached hydrogens (tertiary/aromatic N) is 1. The minimum Gasteiger partial charge on any atom is -0.341 e. The van der Waals surface area contributed by atoms with E-state index >= 15 is 0 Å². The van der Waals surface area contributed by atoms with Gasteiger partial charge in [0.1, 0.15) is 5.82 Å². The third-order valence-electron chi connectivity index (χ3n) is 10.3. The Kier molecular flexibility index (Phi) is 5.87. The summed E-state index contributed by atoms with van der Waals surface area (Å²) in [6, 6.07) is 20.6. The van der Waals surface area contributed by atoms with Gasteiger partial charge in [-0.15, -0.1) is 0 Å². The largest absolute Gasteiger partial charge is 0.341 e. The first kappa shape index (κ1) is 25.2. The van der Waals surface area contributed by atoms with E-state index in [-0.39, 0.29) is 17.4 Å². The number of aromatic amines is 1. The molecule has 0 unspecified atom stereocenters. The third kappa shape index (κ3) is 4.22. The van der Waals surface area contributed by atoms with Crippen LogP contribution >= 0.6 is 0 Å². The maximum Gasteiger partial charge on any atom is 0.241 e. The van der Waals surface area contributed by atoms with Crippen molar-refractivity contribution in [1.82, 2.24) is 20.6 Å². The summed E-state index contributed by atoms with van der Waals surface area (Å²) in [6.07, 6.45) is 8.34. The molecule has 1 aromatic heterocycles. The quantitative estimate of drug-likeness (QED) is 0.227. The van der Waals surface area contributed by atoms with Gasteiger partial charge in [0.2, 0.25) is 5.91 Å². The van der Waals surface area contributed by atoms with Gasteiger partial charge in [0, 0.05) is 17.1 Å². The summed E-state index contributed by atoms with van der Waals surface area (Å²) < 4.78 is 0. The predicted octanol–water partition coefficient (Wildman–Crippen LogP) is 6.82. The number of imidazole rings is 1. The summed E-state index contributed by atoms with van der Waals surface area (Å²) in [6.45, 7) is 5.66. The highest BCUT2D eigenvalue weighted by molar-refractivity contribution is 5.96. The highest BCUT2D eigenvalue weighted by Gasteiger charge is 2.39. The molecule has 0 spiro atoms. The van der Waals surface area contributed by atoms with Crippen molar-refractivity contribution < 1.29 is 4.79 Å². The summed E-state index contributed by atoms with van der Waals surface area (Å²) in [5, 5.41) is 10.4. The molecule has 1 amide bonds. The molecule has 41 heavy (non-hydrogen) atoms. The van der Waals surface area contributed by atoms with Gasteiger partial charge < -0.3 is 20.9 Å². The first-order valence-electron chi connectivity index (χ1n) is 15.5. The Morgan fingerprint density at radius 1 is 0.902 bits per heavy atom. The lowest BCUT2D eigenvalue weighted by Gasteiger charge is -2.24. The van der Waals surface area contributed by atoms with Crippen LogP contribution in [0.25, 0.3) is 33.3 Å². The van der Waals surface area contributed by atoms with Crippen LogP contribution in [0.15, 0.2) is 54.6 Å². The molecule has 0 radical (unpaired) electrons. The van der Waals surface area contributed by atoms with Crippen molar-refractivity contribution in [2.45, 2.75) is 82.3 Å². The van der Waals surface area contributed by atoms with Gasteiger partial charge in [0.15, 0.2) is 0 Å². The van der Waals surface area contributed by atoms with Gasteiger partial charge in [-0.3, -0.25) is 4.79 Å². The van der Waals surface area contributed by atoms with Gasteiger partial charge in [-0.2, -0.15) is 0 Å². The molecule has 2 aliphatic heterocycles. The van der Waals surface area contributed by atoms with Crippen molar-refractivity contribution in [3.63, 3.8) is 0 Å². The Morgan fingerprint density at radius 3 is 2.51 bits per heavy atom. The zero-order valence-electron chi connectivity index (χ0n) is 24.0. The number of benzene rings is 3. The number of carbonyl (C=O) groups is 1. The summed E-state index contributed by atoms with van der Waals surface area (Å²) in [5.74, 6) is 1.81. The number of carbonyl (C=O) groups excluding carboxylic acids is 1. The number of H-pyrrole nitrogens is 1. The molecule has 8 rings (SSSR count). The van der Waals surface area contributed by atoms with E-state index in [1.165, 1.54) is 65.5 Å². The number of hydrogen-bond acceptors (Lipinski definition) is 4. The molecule has 4 N–H and O–H groups in total. The van der Waals surface area contributed by atoms with E-state index < -0.39 is 0 Å². The number of amides is 1. The van der Waals surface area contributed by atoms with Gasteiger partial charge in [-0.05, 0) is 108 Å². The second-order valence-corrected chi connectivity index (χ2v) is 13.2. The van der Waals surface area contributed by atoms with E-state index in [0.29, 0.717) is 18.0 Å². The first-order valence-corrected chi connectivity index (χ1v) is 15.5. The van der Waals surface area contributed by atoms with Gasteiger partial charge in [0.05, 0.1) is 23.1 Å². The maximum absolute atomic E-state index is 13.2. The summed E-state index contributed by atoms with van der Waals surface area (Å²) >= 11 is 0. The Balaban J connectivity index is 1.05. The molecule has 6 nitrogen and oxygen atoms in total. The number of aromatic nitrogens is 2. The third-order valence-corrected chi connectivity index (χ3v) is 10.3. The van der Waals surface area contributed by atoms with Crippen LogP contribution in [0.1, 0.15) is 81.8 Å². The number of rotatable bonds is 4. The van der Waals surface area contributed by atoms with Gasteiger partial charge >= 0.3 is 0 Å². The fraction of sp³-hybridized carbons (Fsp3) is 0.429. The van der Waals surface area contributed by atoms with Crippen LogP contribution in [0.3, 0.4) is 0 Å². The van der Waals surface area contributed by atoms with E-state index in [1.54, 1.807) is 0 Å². The molecule has 0 bridgehead atoms. The molecule has 3 aromatic carbocycles. The Labute approximate surface area is 241 Å². The van der Waals surface area contributed by atoms with Crippen molar-refractivity contribution in [2.75, 3.05) is 11.9 Å². The average molecular weight is 546 g/mol. The van der Waals surface area contributed by atoms with Crippen LogP contribution in [0.2, 0.25) is 0 Å². The van der Waals surface area contributed by atoms with Crippen LogP contribution < -0.4 is 16.0 Å². The topological polar surface area (TPSA) is 81.8 Å². The molecule has 6 heteroatoms. The second kappa shape index (κ2) is 9.53. The Hall–Kier alpha value is -3.48. The molecule has 2 saturated heterocycles. The lowest BCUT2D eigenvalue weighted by atomic mass is 9.81. The SMILES string of the molecule is CC1(C)c2cc(NC(=O)[C@@H]3C[C@@H]4CCCC[C@@H]4N3)ccc2-c2ccc(-c3ccc4nc([C@@H]5CCCN5)[nH]c4c3)cc21. The molecule has 210 valence electrons. The number of hydrogen-bond donors (Lipinski definition) is 4. The minimum absolute atomic E-state index is 0.0816. The van der Waals surface area contributed by atoms with Crippen LogP contribution in [0.5, 0.6) is 0 Å². The fourth-order valence-electron chi connectivity index (χ4n) is 8.04. The van der Waals surface area contributed by atoms with Crippen molar-refractivity contribution in [2.24, 2.45) is 5.92 Å². The van der Waals surface area contributed by atoms with Crippen molar-refractivity contribution in [1.29, 1.82) is 0 Å². The molecule has 1 saturated carbocycles. The molecule has 3 heterocycles. The Bertz CT molecular complexity index is 1650. The van der Waals surface area contributed by atoms with Gasteiger partial charge in [-0.1, -0.05) is 51.0 Å². The zero-order valence-corrected chi connectivity index (χ0v) is 24.0. The van der Waals surface area contributed by atoms with E-state index in [9.17, 15) is 4.79 Å². The Morgan fingerprint density at radius 2 is 1.68 bits per heavy atom. The first-order chi connectivity index (χ1) is 19.9. The van der Waals surface area contributed by atoms with Crippen LogP contribution in [-0.2, 0) is 10.2 Å². The van der Waals surface area contributed by atoms with E-state index in [1.807, 2.05) is 0 Å². The van der Waals surface area contributed by atoms with E-state index in [2.05, 4.69) is 89.4 Å². The minimum atomic E-state index is -0.165. The van der Waals surface area contributed by atoms with Crippen molar-refractivity contribution >= 4 is 22.6 Å². The molecular formula is C35H39N5O. The van der Waals surface area contributed by atoms with E-state index in [0.717, 1.165) is 41.9 Å². The molecule has 4 aliphatic rings. The van der Waals surface area contributed by atoms with Crippen LogP contribution in [0, 0.1) is 5.92 Å². The van der Waals surface area contributed by atoms with Crippen LogP contribution in [0.4, 0.5) is 5.69 Å². The number of nitrogens with one attached hydrogen (secondary N) is 4. The zero-order chi connectivity index (χ0) is 27.7. The van der Waals surface area contributed by atoms with Gasteiger partial charge in [0.25, 0.3) is 0 Å². The lowest BCUT2D eigenvalue weighted by molar-refractivity contribution is -0.117. The molecule has 2 aliphatic carbocycles.